The summed E-state index contributed by atoms with van der Waals surface area (Å²) in [5.74, 6) is 0.243. The van der Waals surface area contributed by atoms with Gasteiger partial charge >= 0.3 is 6.18 Å². The number of carbonyl (C=O) groups excluding carboxylic acids is 1. The summed E-state index contributed by atoms with van der Waals surface area (Å²) in [4.78, 5) is 11.8. The van der Waals surface area contributed by atoms with Gasteiger partial charge in [-0.2, -0.15) is 17.5 Å². The first-order valence-corrected chi connectivity index (χ1v) is 10.0. The molecule has 1 aliphatic rings. The molecule has 0 aliphatic carbocycles. The third-order valence-corrected chi connectivity index (χ3v) is 5.92. The zero-order valence-electron chi connectivity index (χ0n) is 15.5. The zero-order valence-corrected chi connectivity index (χ0v) is 16.3. The predicted molar refractivity (Wildman–Crippen MR) is 102 cm³/mol. The normalized spacial score (nSPS) is 13.3. The van der Waals surface area contributed by atoms with Gasteiger partial charge in [0.2, 0.25) is 22.7 Å². The van der Waals surface area contributed by atoms with Crippen molar-refractivity contribution in [3.63, 3.8) is 0 Å². The van der Waals surface area contributed by atoms with Gasteiger partial charge in [-0.1, -0.05) is 12.1 Å². The van der Waals surface area contributed by atoms with E-state index in [1.54, 1.807) is 12.1 Å². The summed E-state index contributed by atoms with van der Waals surface area (Å²) in [5.41, 5.74) is -0.758. The van der Waals surface area contributed by atoms with Crippen LogP contribution >= 0.6 is 0 Å². The van der Waals surface area contributed by atoms with Crippen molar-refractivity contribution in [2.24, 2.45) is 0 Å². The van der Waals surface area contributed by atoms with Crippen LogP contribution < -0.4 is 14.8 Å². The van der Waals surface area contributed by atoms with Gasteiger partial charge in [0.15, 0.2) is 11.5 Å². The van der Waals surface area contributed by atoms with Crippen LogP contribution in [-0.2, 0) is 21.0 Å². The van der Waals surface area contributed by atoms with Crippen molar-refractivity contribution in [2.45, 2.75) is 11.1 Å². The number of alkyl halides is 3. The predicted octanol–water partition coefficient (Wildman–Crippen LogP) is 3.25. The number of carbonyl (C=O) groups is 1. The maximum atomic E-state index is 12.9. The van der Waals surface area contributed by atoms with Gasteiger partial charge in [-0.25, -0.2) is 8.42 Å². The Labute approximate surface area is 170 Å². The molecule has 0 spiro atoms. The summed E-state index contributed by atoms with van der Waals surface area (Å²) in [6.07, 6.45) is -3.47. The van der Waals surface area contributed by atoms with Gasteiger partial charge in [-0.15, -0.1) is 6.58 Å². The number of hydrogen-bond acceptors (Lipinski definition) is 5. The van der Waals surface area contributed by atoms with Crippen molar-refractivity contribution in [1.29, 1.82) is 0 Å². The number of hydrogen-bond donors (Lipinski definition) is 1. The lowest BCUT2D eigenvalue weighted by Crippen LogP contribution is -2.38. The number of rotatable bonds is 7. The Balaban J connectivity index is 1.79. The van der Waals surface area contributed by atoms with Gasteiger partial charge in [0.05, 0.1) is 17.0 Å². The van der Waals surface area contributed by atoms with E-state index in [0.29, 0.717) is 23.3 Å². The highest BCUT2D eigenvalue weighted by molar-refractivity contribution is 7.89. The monoisotopic (exact) mass is 442 g/mol. The summed E-state index contributed by atoms with van der Waals surface area (Å²) in [6.45, 7) is 2.60. The Morgan fingerprint density at radius 2 is 1.90 bits per heavy atom. The van der Waals surface area contributed by atoms with Crippen LogP contribution in [0.5, 0.6) is 11.5 Å². The minimum atomic E-state index is -4.70. The highest BCUT2D eigenvalue weighted by Crippen LogP contribution is 2.34. The number of fused-ring (bicyclic) bond motifs is 1. The molecule has 30 heavy (non-hydrogen) atoms. The summed E-state index contributed by atoms with van der Waals surface area (Å²) >= 11 is 0. The second kappa shape index (κ2) is 8.36. The van der Waals surface area contributed by atoms with Gasteiger partial charge < -0.3 is 14.8 Å². The van der Waals surface area contributed by atoms with E-state index in [1.165, 1.54) is 12.1 Å². The van der Waals surface area contributed by atoms with E-state index in [0.717, 1.165) is 22.5 Å². The molecule has 7 nitrogen and oxygen atoms in total. The molecule has 3 rings (SSSR count). The molecule has 1 amide bonds. The van der Waals surface area contributed by atoms with Gasteiger partial charge in [-0.05, 0) is 30.3 Å². The Bertz CT molecular complexity index is 1070. The Kier molecular flexibility index (Phi) is 6.04. The second-order valence-corrected chi connectivity index (χ2v) is 8.17. The molecule has 160 valence electrons. The molecule has 0 aromatic heterocycles. The Morgan fingerprint density at radius 1 is 1.17 bits per heavy atom. The van der Waals surface area contributed by atoms with Crippen LogP contribution in [0.3, 0.4) is 0 Å². The number of anilines is 1. The van der Waals surface area contributed by atoms with E-state index in [9.17, 15) is 26.4 Å². The number of nitrogens with zero attached hydrogens (tertiary/aromatic N) is 1. The lowest BCUT2D eigenvalue weighted by atomic mass is 10.2. The van der Waals surface area contributed by atoms with Gasteiger partial charge in [0.1, 0.15) is 0 Å². The molecule has 0 radical (unpaired) electrons. The van der Waals surface area contributed by atoms with E-state index in [2.05, 4.69) is 11.9 Å². The van der Waals surface area contributed by atoms with E-state index < -0.39 is 39.1 Å². The standard InChI is InChI=1S/C19H17F3N2O5S/c1-2-8-24(30(26,27)15-5-3-4-13(9-15)19(20,21)22)11-18(25)23-14-6-7-16-17(10-14)29-12-28-16/h2-7,9-10H,1,8,11-12H2,(H,23,25). The quantitative estimate of drug-likeness (QED) is 0.666. The molecule has 0 atom stereocenters. The minimum absolute atomic E-state index is 0.0507. The van der Waals surface area contributed by atoms with Crippen molar-refractivity contribution in [1.82, 2.24) is 4.31 Å². The summed E-state index contributed by atoms with van der Waals surface area (Å²) in [5, 5.41) is 2.52. The molecular weight excluding hydrogens is 425 g/mol. The fourth-order valence-electron chi connectivity index (χ4n) is 2.71. The highest BCUT2D eigenvalue weighted by Gasteiger charge is 2.33. The molecule has 0 bridgehead atoms. The lowest BCUT2D eigenvalue weighted by Gasteiger charge is -2.21. The van der Waals surface area contributed by atoms with E-state index in [4.69, 9.17) is 9.47 Å². The van der Waals surface area contributed by atoms with Crippen molar-refractivity contribution >= 4 is 21.6 Å². The summed E-state index contributed by atoms with van der Waals surface area (Å²) < 4.78 is 75.6. The number of benzene rings is 2. The molecule has 0 saturated heterocycles. The maximum absolute atomic E-state index is 12.9. The van der Waals surface area contributed by atoms with E-state index in [1.807, 2.05) is 0 Å². The van der Waals surface area contributed by atoms with Crippen molar-refractivity contribution in [2.75, 3.05) is 25.2 Å². The van der Waals surface area contributed by atoms with Crippen LogP contribution in [0.1, 0.15) is 5.56 Å². The first-order chi connectivity index (χ1) is 14.1. The van der Waals surface area contributed by atoms with Gasteiger partial charge in [-0.3, -0.25) is 4.79 Å². The molecule has 0 saturated carbocycles. The van der Waals surface area contributed by atoms with Crippen molar-refractivity contribution in [3.8, 4) is 11.5 Å². The van der Waals surface area contributed by atoms with Gasteiger partial charge in [0.25, 0.3) is 0 Å². The number of sulfonamides is 1. The molecule has 1 aliphatic heterocycles. The van der Waals surface area contributed by atoms with E-state index >= 15 is 0 Å². The molecule has 2 aromatic carbocycles. The topological polar surface area (TPSA) is 84.9 Å². The smallest absolute Gasteiger partial charge is 0.416 e. The Morgan fingerprint density at radius 3 is 2.60 bits per heavy atom. The van der Waals surface area contributed by atoms with Crippen molar-refractivity contribution < 1.29 is 35.9 Å². The molecule has 1 heterocycles. The molecule has 0 unspecified atom stereocenters. The highest BCUT2D eigenvalue weighted by atomic mass is 32.2. The third kappa shape index (κ3) is 4.74. The Hall–Kier alpha value is -3.05. The molecular formula is C19H17F3N2O5S. The maximum Gasteiger partial charge on any atom is 0.416 e. The zero-order chi connectivity index (χ0) is 21.9. The first-order valence-electron chi connectivity index (χ1n) is 8.59. The molecule has 1 N–H and O–H groups in total. The molecule has 2 aromatic rings. The molecule has 0 fully saturated rings. The van der Waals surface area contributed by atoms with Crippen molar-refractivity contribution in [3.05, 3.63) is 60.7 Å². The number of nitrogens with one attached hydrogen (secondary N) is 1. The van der Waals surface area contributed by atoms with E-state index in [-0.39, 0.29) is 13.3 Å². The van der Waals surface area contributed by atoms with Crippen LogP contribution in [0.4, 0.5) is 18.9 Å². The number of halogens is 3. The van der Waals surface area contributed by atoms with Crippen LogP contribution in [0, 0.1) is 0 Å². The number of ether oxygens (including phenoxy) is 2. The first kappa shape index (κ1) is 21.7. The van der Waals surface area contributed by atoms with Crippen LogP contribution in [0.25, 0.3) is 0 Å². The van der Waals surface area contributed by atoms with Crippen LogP contribution in [0.2, 0.25) is 0 Å². The lowest BCUT2D eigenvalue weighted by molar-refractivity contribution is -0.137. The summed E-state index contributed by atoms with van der Waals surface area (Å²) in [6, 6.07) is 7.97. The van der Waals surface area contributed by atoms with Crippen LogP contribution in [0.15, 0.2) is 60.0 Å². The summed E-state index contributed by atoms with van der Waals surface area (Å²) in [7, 11) is -4.39. The van der Waals surface area contributed by atoms with Gasteiger partial charge in [0, 0.05) is 18.3 Å². The third-order valence-electron chi connectivity index (χ3n) is 4.11. The number of amides is 1. The fourth-order valence-corrected chi connectivity index (χ4v) is 4.12. The fraction of sp³-hybridized carbons (Fsp3) is 0.211. The molecule has 11 heteroatoms. The minimum Gasteiger partial charge on any atom is -0.454 e. The average molecular weight is 442 g/mol. The van der Waals surface area contributed by atoms with Crippen LogP contribution in [-0.4, -0.2) is 38.5 Å². The largest absolute Gasteiger partial charge is 0.454 e. The second-order valence-electron chi connectivity index (χ2n) is 6.23. The SMILES string of the molecule is C=CCN(CC(=O)Nc1ccc2c(c1)OCO2)S(=O)(=O)c1cccc(C(F)(F)F)c1. The average Bonchev–Trinajstić information content (AvgIpc) is 3.15.